The molecule has 6 heteroatoms. The molecule has 0 saturated carbocycles. The predicted octanol–water partition coefficient (Wildman–Crippen LogP) is 3.07. The number of nitrogens with zero attached hydrogens (tertiary/aromatic N) is 4. The van der Waals surface area contributed by atoms with Crippen LogP contribution in [0.15, 0.2) is 30.6 Å². The molecule has 170 valence electrons. The van der Waals surface area contributed by atoms with Crippen molar-refractivity contribution in [3.8, 4) is 0 Å². The molecule has 3 aliphatic rings. The van der Waals surface area contributed by atoms with Crippen LogP contribution < -0.4 is 0 Å². The quantitative estimate of drug-likeness (QED) is 0.724. The van der Waals surface area contributed by atoms with E-state index in [1.807, 2.05) is 11.8 Å². The van der Waals surface area contributed by atoms with Crippen molar-refractivity contribution in [2.75, 3.05) is 39.4 Å². The molecule has 2 aromatic rings. The van der Waals surface area contributed by atoms with Gasteiger partial charge in [-0.2, -0.15) is 0 Å². The monoisotopic (exact) mass is 434 g/mol. The number of fused-ring (bicyclic) bond motifs is 1. The van der Waals surface area contributed by atoms with Crippen molar-refractivity contribution in [1.29, 1.82) is 0 Å². The number of amides is 1. The number of aromatic nitrogens is 2. The fourth-order valence-corrected chi connectivity index (χ4v) is 5.68. The van der Waals surface area contributed by atoms with Gasteiger partial charge in [0.05, 0.1) is 13.2 Å². The number of morpholine rings is 1. The Labute approximate surface area is 191 Å². The van der Waals surface area contributed by atoms with Crippen molar-refractivity contribution < 1.29 is 9.53 Å². The lowest BCUT2D eigenvalue weighted by Gasteiger charge is -2.40. The number of benzene rings is 1. The van der Waals surface area contributed by atoms with Gasteiger partial charge in [0.2, 0.25) is 0 Å². The highest BCUT2D eigenvalue weighted by Gasteiger charge is 2.30. The third kappa shape index (κ3) is 4.57. The molecule has 6 nitrogen and oxygen atoms in total. The van der Waals surface area contributed by atoms with Gasteiger partial charge in [0.25, 0.3) is 5.91 Å². The first-order chi connectivity index (χ1) is 15.7. The third-order valence-corrected chi connectivity index (χ3v) is 7.63. The molecule has 0 radical (unpaired) electrons. The summed E-state index contributed by atoms with van der Waals surface area (Å²) in [5.41, 5.74) is 5.57. The van der Waals surface area contributed by atoms with Gasteiger partial charge in [-0.15, -0.1) is 0 Å². The molecule has 2 saturated heterocycles. The summed E-state index contributed by atoms with van der Waals surface area (Å²) >= 11 is 0. The number of hydrogen-bond donors (Lipinski definition) is 0. The molecule has 2 fully saturated rings. The molecule has 0 bridgehead atoms. The molecular weight excluding hydrogens is 400 g/mol. The van der Waals surface area contributed by atoms with Crippen LogP contribution in [-0.4, -0.2) is 71.1 Å². The van der Waals surface area contributed by atoms with Crippen molar-refractivity contribution in [2.45, 2.75) is 51.5 Å². The first kappa shape index (κ1) is 21.5. The smallest absolute Gasteiger partial charge is 0.272 e. The molecule has 0 unspecified atom stereocenters. The van der Waals surface area contributed by atoms with E-state index in [2.05, 4.69) is 39.1 Å². The van der Waals surface area contributed by atoms with Gasteiger partial charge in [0.15, 0.2) is 0 Å². The minimum atomic E-state index is 0.0693. The van der Waals surface area contributed by atoms with Crippen molar-refractivity contribution in [3.63, 3.8) is 0 Å². The standard InChI is InChI=1S/C26H34N4O2/c1-19-24(7-6-20-16-21-4-2-3-5-22(21)17-20)27-18-28-25(19)26(31)30-10-8-23(9-11-30)29-12-14-32-15-13-29/h2-5,18,20,23H,6-17H2,1H3. The average molecular weight is 435 g/mol. The topological polar surface area (TPSA) is 58.6 Å². The summed E-state index contributed by atoms with van der Waals surface area (Å²) in [6, 6.07) is 9.35. The number of ether oxygens (including phenoxy) is 1. The van der Waals surface area contributed by atoms with Crippen molar-refractivity contribution >= 4 is 5.91 Å². The van der Waals surface area contributed by atoms with E-state index in [-0.39, 0.29) is 5.91 Å². The van der Waals surface area contributed by atoms with E-state index in [0.717, 1.165) is 89.2 Å². The highest BCUT2D eigenvalue weighted by Crippen LogP contribution is 2.30. The van der Waals surface area contributed by atoms with Crippen LogP contribution in [0.3, 0.4) is 0 Å². The molecule has 3 heterocycles. The zero-order valence-corrected chi connectivity index (χ0v) is 19.1. The van der Waals surface area contributed by atoms with Gasteiger partial charge in [-0.05, 0) is 62.5 Å². The molecule has 1 aliphatic carbocycles. The lowest BCUT2D eigenvalue weighted by molar-refractivity contribution is 0.00151. The van der Waals surface area contributed by atoms with E-state index >= 15 is 0 Å². The van der Waals surface area contributed by atoms with E-state index in [1.54, 1.807) is 6.33 Å². The number of likely N-dealkylation sites (tertiary alicyclic amines) is 1. The van der Waals surface area contributed by atoms with Crippen LogP contribution in [0.25, 0.3) is 0 Å². The summed E-state index contributed by atoms with van der Waals surface area (Å²) in [7, 11) is 0. The number of rotatable bonds is 5. The van der Waals surface area contributed by atoms with E-state index < -0.39 is 0 Å². The van der Waals surface area contributed by atoms with Gasteiger partial charge in [-0.1, -0.05) is 24.3 Å². The molecule has 1 aromatic heterocycles. The second kappa shape index (κ2) is 9.67. The van der Waals surface area contributed by atoms with E-state index in [9.17, 15) is 4.79 Å². The number of aryl methyl sites for hydroxylation is 1. The van der Waals surface area contributed by atoms with Crippen LogP contribution in [0, 0.1) is 12.8 Å². The molecular formula is C26H34N4O2. The minimum absolute atomic E-state index is 0.0693. The maximum Gasteiger partial charge on any atom is 0.272 e. The normalized spacial score (nSPS) is 20.5. The molecule has 2 aliphatic heterocycles. The molecule has 0 N–H and O–H groups in total. The summed E-state index contributed by atoms with van der Waals surface area (Å²) in [6.07, 6.45) is 7.97. The van der Waals surface area contributed by atoms with E-state index in [1.165, 1.54) is 11.1 Å². The van der Waals surface area contributed by atoms with Gasteiger partial charge >= 0.3 is 0 Å². The average Bonchev–Trinajstić information content (AvgIpc) is 3.27. The molecule has 32 heavy (non-hydrogen) atoms. The maximum atomic E-state index is 13.3. The second-order valence-electron chi connectivity index (χ2n) is 9.55. The third-order valence-electron chi connectivity index (χ3n) is 7.63. The molecule has 5 rings (SSSR count). The second-order valence-corrected chi connectivity index (χ2v) is 9.55. The molecule has 1 aromatic carbocycles. The lowest BCUT2D eigenvalue weighted by atomic mass is 9.97. The van der Waals surface area contributed by atoms with Gasteiger partial charge < -0.3 is 9.64 Å². The Morgan fingerprint density at radius 3 is 2.41 bits per heavy atom. The Balaban J connectivity index is 1.18. The van der Waals surface area contributed by atoms with E-state index in [4.69, 9.17) is 4.74 Å². The Bertz CT molecular complexity index is 924. The summed E-state index contributed by atoms with van der Waals surface area (Å²) in [4.78, 5) is 26.7. The maximum absolute atomic E-state index is 13.3. The highest BCUT2D eigenvalue weighted by atomic mass is 16.5. The Kier molecular flexibility index (Phi) is 6.51. The number of carbonyl (C=O) groups excluding carboxylic acids is 1. The summed E-state index contributed by atoms with van der Waals surface area (Å²) in [6.45, 7) is 7.31. The molecule has 0 spiro atoms. The number of hydrogen-bond acceptors (Lipinski definition) is 5. The predicted molar refractivity (Wildman–Crippen MR) is 124 cm³/mol. The Morgan fingerprint density at radius 2 is 1.72 bits per heavy atom. The Hall–Kier alpha value is -2.31. The van der Waals surface area contributed by atoms with Gasteiger partial charge in [-0.3, -0.25) is 9.69 Å². The molecule has 0 atom stereocenters. The van der Waals surface area contributed by atoms with Crippen LogP contribution >= 0.6 is 0 Å². The van der Waals surface area contributed by atoms with Crippen LogP contribution in [0.4, 0.5) is 0 Å². The van der Waals surface area contributed by atoms with E-state index in [0.29, 0.717) is 17.7 Å². The van der Waals surface area contributed by atoms with Crippen molar-refractivity contribution in [3.05, 3.63) is 58.7 Å². The summed E-state index contributed by atoms with van der Waals surface area (Å²) in [5, 5.41) is 0. The summed E-state index contributed by atoms with van der Waals surface area (Å²) < 4.78 is 5.48. The number of piperidine rings is 1. The van der Waals surface area contributed by atoms with Gasteiger partial charge in [0.1, 0.15) is 12.0 Å². The largest absolute Gasteiger partial charge is 0.379 e. The molecule has 1 amide bonds. The van der Waals surface area contributed by atoms with Crippen molar-refractivity contribution in [2.24, 2.45) is 5.92 Å². The first-order valence-electron chi connectivity index (χ1n) is 12.2. The van der Waals surface area contributed by atoms with Crippen LogP contribution in [0.1, 0.15) is 52.1 Å². The number of carbonyl (C=O) groups is 1. The van der Waals surface area contributed by atoms with Gasteiger partial charge in [-0.25, -0.2) is 9.97 Å². The van der Waals surface area contributed by atoms with Gasteiger partial charge in [0, 0.05) is 43.5 Å². The SMILES string of the molecule is Cc1c(CCC2Cc3ccccc3C2)ncnc1C(=O)N1CCC(N2CCOCC2)CC1. The Morgan fingerprint density at radius 1 is 1.03 bits per heavy atom. The fraction of sp³-hybridized carbons (Fsp3) is 0.577. The van der Waals surface area contributed by atoms with Crippen LogP contribution in [0.5, 0.6) is 0 Å². The van der Waals surface area contributed by atoms with Crippen LogP contribution in [0.2, 0.25) is 0 Å². The fourth-order valence-electron chi connectivity index (χ4n) is 5.68. The minimum Gasteiger partial charge on any atom is -0.379 e. The lowest BCUT2D eigenvalue weighted by Crippen LogP contribution is -2.50. The van der Waals surface area contributed by atoms with Crippen molar-refractivity contribution in [1.82, 2.24) is 19.8 Å². The zero-order chi connectivity index (χ0) is 21.9. The zero-order valence-electron chi connectivity index (χ0n) is 19.1. The first-order valence-corrected chi connectivity index (χ1v) is 12.2. The highest BCUT2D eigenvalue weighted by molar-refractivity contribution is 5.93. The van der Waals surface area contributed by atoms with Crippen LogP contribution in [-0.2, 0) is 24.0 Å². The summed E-state index contributed by atoms with van der Waals surface area (Å²) in [5.74, 6) is 0.736.